The van der Waals surface area contributed by atoms with Crippen LogP contribution in [-0.4, -0.2) is 31.7 Å². The van der Waals surface area contributed by atoms with Gasteiger partial charge in [-0.25, -0.2) is 4.39 Å². The van der Waals surface area contributed by atoms with E-state index in [4.69, 9.17) is 13.9 Å². The smallest absolute Gasteiger partial charge is 0.287 e. The number of hydrogen-bond donors (Lipinski definition) is 2. The molecule has 0 bridgehead atoms. The molecule has 0 radical (unpaired) electrons. The second-order valence-corrected chi connectivity index (χ2v) is 6.33. The Morgan fingerprint density at radius 2 is 2.08 bits per heavy atom. The van der Waals surface area contributed by atoms with Crippen molar-refractivity contribution < 1.29 is 27.9 Å². The topological polar surface area (TPSA) is 89.8 Å². The third-order valence-corrected chi connectivity index (χ3v) is 4.10. The van der Waals surface area contributed by atoms with Crippen LogP contribution in [0.15, 0.2) is 33.4 Å². The maximum Gasteiger partial charge on any atom is 0.287 e. The average molecular weight is 427 g/mol. The molecule has 0 aliphatic carbocycles. The summed E-state index contributed by atoms with van der Waals surface area (Å²) in [6.45, 7) is 0.498. The van der Waals surface area contributed by atoms with Crippen molar-refractivity contribution in [1.29, 1.82) is 0 Å². The van der Waals surface area contributed by atoms with Gasteiger partial charge in [-0.15, -0.1) is 0 Å². The summed E-state index contributed by atoms with van der Waals surface area (Å²) in [6.07, 6.45) is 0.394. The van der Waals surface area contributed by atoms with E-state index in [0.29, 0.717) is 34.6 Å². The first-order valence-electron chi connectivity index (χ1n) is 7.85. The van der Waals surface area contributed by atoms with Gasteiger partial charge in [0.05, 0.1) is 13.2 Å². The summed E-state index contributed by atoms with van der Waals surface area (Å²) in [6, 6.07) is 5.84. The average Bonchev–Trinajstić information content (AvgIpc) is 3.06. The first kappa shape index (κ1) is 18.4. The Hall–Kier alpha value is -2.39. The van der Waals surface area contributed by atoms with E-state index >= 15 is 0 Å². The lowest BCUT2D eigenvalue weighted by Crippen LogP contribution is -2.37. The number of carbonyl (C=O) groups excluding carboxylic acids is 2. The minimum atomic E-state index is -0.488. The molecule has 138 valence electrons. The molecule has 2 aromatic rings. The van der Waals surface area contributed by atoms with Crippen LogP contribution >= 0.6 is 15.9 Å². The fraction of sp³-hybridized carbons (Fsp3) is 0.294. The molecular weight excluding hydrogens is 411 g/mol. The molecule has 9 heteroatoms. The second-order valence-electron chi connectivity index (χ2n) is 5.55. The molecule has 1 aliphatic heterocycles. The van der Waals surface area contributed by atoms with Crippen molar-refractivity contribution in [3.05, 3.63) is 51.6 Å². The maximum absolute atomic E-state index is 13.7. The molecule has 0 saturated heterocycles. The molecule has 0 saturated carbocycles. The van der Waals surface area contributed by atoms with Gasteiger partial charge in [0.2, 0.25) is 5.91 Å². The van der Waals surface area contributed by atoms with Crippen LogP contribution < -0.4 is 15.4 Å². The number of rotatable bonds is 6. The molecule has 1 aromatic heterocycles. The molecule has 0 unspecified atom stereocenters. The third-order valence-electron chi connectivity index (χ3n) is 3.67. The van der Waals surface area contributed by atoms with E-state index in [2.05, 4.69) is 26.6 Å². The van der Waals surface area contributed by atoms with E-state index in [9.17, 15) is 14.0 Å². The number of nitrogens with one attached hydrogen (secondary N) is 2. The number of benzene rings is 1. The molecule has 7 nitrogen and oxygen atoms in total. The molecule has 1 aromatic carbocycles. The molecule has 2 N–H and O–H groups in total. The van der Waals surface area contributed by atoms with Crippen LogP contribution in [0.2, 0.25) is 0 Å². The van der Waals surface area contributed by atoms with Crippen LogP contribution in [-0.2, 0) is 22.6 Å². The van der Waals surface area contributed by atoms with Crippen molar-refractivity contribution in [2.24, 2.45) is 0 Å². The maximum atomic E-state index is 13.7. The summed E-state index contributed by atoms with van der Waals surface area (Å²) in [5.41, 5.74) is 1.31. The number of carbonyl (C=O) groups is 2. The fourth-order valence-corrected chi connectivity index (χ4v) is 2.83. The summed E-state index contributed by atoms with van der Waals surface area (Å²) >= 11 is 3.10. The zero-order valence-corrected chi connectivity index (χ0v) is 15.2. The molecule has 0 spiro atoms. The van der Waals surface area contributed by atoms with Crippen LogP contribution in [0.25, 0.3) is 0 Å². The Morgan fingerprint density at radius 3 is 2.85 bits per heavy atom. The van der Waals surface area contributed by atoms with Crippen molar-refractivity contribution in [3.8, 4) is 5.75 Å². The zero-order chi connectivity index (χ0) is 18.5. The lowest BCUT2D eigenvalue weighted by atomic mass is 10.1. The first-order chi connectivity index (χ1) is 12.5. The third kappa shape index (κ3) is 4.61. The van der Waals surface area contributed by atoms with Crippen molar-refractivity contribution in [2.45, 2.75) is 13.0 Å². The van der Waals surface area contributed by atoms with Crippen molar-refractivity contribution in [2.75, 3.05) is 19.9 Å². The van der Waals surface area contributed by atoms with Crippen LogP contribution in [0.3, 0.4) is 0 Å². The van der Waals surface area contributed by atoms with Gasteiger partial charge in [-0.2, -0.15) is 0 Å². The minimum Gasteiger partial charge on any atom is -0.467 e. The minimum absolute atomic E-state index is 0.107. The van der Waals surface area contributed by atoms with E-state index in [1.165, 1.54) is 18.2 Å². The van der Waals surface area contributed by atoms with Crippen LogP contribution in [0, 0.1) is 5.82 Å². The van der Waals surface area contributed by atoms with Gasteiger partial charge in [0.1, 0.15) is 11.6 Å². The Kier molecular flexibility index (Phi) is 5.89. The highest BCUT2D eigenvalue weighted by atomic mass is 79.9. The molecule has 3 rings (SSSR count). The summed E-state index contributed by atoms with van der Waals surface area (Å²) < 4.78 is 29.7. The molecular formula is C17H16BrFN2O5. The molecule has 2 heterocycles. The van der Waals surface area contributed by atoms with E-state index in [-0.39, 0.29) is 37.4 Å². The van der Waals surface area contributed by atoms with Gasteiger partial charge in [0.25, 0.3) is 5.91 Å². The lowest BCUT2D eigenvalue weighted by Gasteiger charge is -2.21. The Labute approximate surface area is 157 Å². The van der Waals surface area contributed by atoms with Gasteiger partial charge in [-0.05, 0) is 52.2 Å². The number of halogens is 2. The quantitative estimate of drug-likeness (QED) is 0.738. The Bertz CT molecular complexity index is 823. The Balaban J connectivity index is 1.47. The first-order valence-corrected chi connectivity index (χ1v) is 8.64. The van der Waals surface area contributed by atoms with E-state index in [0.717, 1.165) is 0 Å². The van der Waals surface area contributed by atoms with Crippen molar-refractivity contribution in [1.82, 2.24) is 10.6 Å². The SMILES string of the molecule is O=C(CNC(=O)c1ccc(Br)o1)NCCc1cc(F)cc2c1OCOC2. The lowest BCUT2D eigenvalue weighted by molar-refractivity contribution is -0.120. The van der Waals surface area contributed by atoms with Gasteiger partial charge in [-0.3, -0.25) is 9.59 Å². The van der Waals surface area contributed by atoms with Crippen LogP contribution in [0.4, 0.5) is 4.39 Å². The van der Waals surface area contributed by atoms with Gasteiger partial charge in [0, 0.05) is 12.1 Å². The van der Waals surface area contributed by atoms with Gasteiger partial charge < -0.3 is 24.5 Å². The fourth-order valence-electron chi connectivity index (χ4n) is 2.53. The van der Waals surface area contributed by atoms with Gasteiger partial charge in [0.15, 0.2) is 17.2 Å². The number of hydrogen-bond acceptors (Lipinski definition) is 5. The van der Waals surface area contributed by atoms with Gasteiger partial charge >= 0.3 is 0 Å². The number of ether oxygens (including phenoxy) is 2. The summed E-state index contributed by atoms with van der Waals surface area (Å²) in [7, 11) is 0. The summed E-state index contributed by atoms with van der Waals surface area (Å²) in [4.78, 5) is 23.6. The standard InChI is InChI=1S/C17H16BrFN2O5/c18-14-2-1-13(26-14)17(23)21-7-15(22)20-4-3-10-5-12(19)6-11-8-24-9-25-16(10)11/h1-2,5-6H,3-4,7-9H2,(H,20,22)(H,21,23). The summed E-state index contributed by atoms with van der Waals surface area (Å²) in [5, 5.41) is 5.12. The highest BCUT2D eigenvalue weighted by Gasteiger charge is 2.17. The second kappa shape index (κ2) is 8.33. The van der Waals surface area contributed by atoms with Crippen molar-refractivity contribution in [3.63, 3.8) is 0 Å². The highest BCUT2D eigenvalue weighted by molar-refractivity contribution is 9.10. The van der Waals surface area contributed by atoms with Crippen LogP contribution in [0.5, 0.6) is 5.75 Å². The van der Waals surface area contributed by atoms with Crippen molar-refractivity contribution >= 4 is 27.7 Å². The predicted molar refractivity (Wildman–Crippen MR) is 92.1 cm³/mol. The summed E-state index contributed by atoms with van der Waals surface area (Å²) in [5.74, 6) is -0.521. The number of furan rings is 1. The molecule has 0 fully saturated rings. The number of fused-ring (bicyclic) bond motifs is 1. The normalized spacial score (nSPS) is 12.8. The highest BCUT2D eigenvalue weighted by Crippen LogP contribution is 2.29. The van der Waals surface area contributed by atoms with E-state index in [1.54, 1.807) is 6.07 Å². The monoisotopic (exact) mass is 426 g/mol. The number of amides is 2. The van der Waals surface area contributed by atoms with Crippen LogP contribution in [0.1, 0.15) is 21.7 Å². The van der Waals surface area contributed by atoms with E-state index < -0.39 is 5.91 Å². The molecule has 2 amide bonds. The predicted octanol–water partition coefficient (Wildman–Crippen LogP) is 2.14. The molecule has 0 atom stereocenters. The largest absolute Gasteiger partial charge is 0.467 e. The zero-order valence-electron chi connectivity index (χ0n) is 13.6. The molecule has 1 aliphatic rings. The Morgan fingerprint density at radius 1 is 1.23 bits per heavy atom. The van der Waals surface area contributed by atoms with Gasteiger partial charge in [-0.1, -0.05) is 0 Å². The van der Waals surface area contributed by atoms with E-state index in [1.807, 2.05) is 0 Å². The molecule has 26 heavy (non-hydrogen) atoms.